The van der Waals surface area contributed by atoms with E-state index in [0.717, 1.165) is 42.0 Å². The summed E-state index contributed by atoms with van der Waals surface area (Å²) >= 11 is 0. The quantitative estimate of drug-likeness (QED) is 0.451. The van der Waals surface area contributed by atoms with Crippen LogP contribution in [0.2, 0.25) is 0 Å². The van der Waals surface area contributed by atoms with E-state index in [-0.39, 0.29) is 18.1 Å². The predicted molar refractivity (Wildman–Crippen MR) is 151 cm³/mol. The van der Waals surface area contributed by atoms with Gasteiger partial charge in [0.15, 0.2) is 11.2 Å². The van der Waals surface area contributed by atoms with Crippen molar-refractivity contribution in [2.24, 2.45) is 17.8 Å². The van der Waals surface area contributed by atoms with Gasteiger partial charge < -0.3 is 20.1 Å². The zero-order valence-electron chi connectivity index (χ0n) is 22.0. The van der Waals surface area contributed by atoms with Gasteiger partial charge >= 0.3 is 5.69 Å². The van der Waals surface area contributed by atoms with Gasteiger partial charge in [-0.2, -0.15) is 4.98 Å². The van der Waals surface area contributed by atoms with Gasteiger partial charge in [-0.1, -0.05) is 30.3 Å². The number of piperidine rings is 1. The Morgan fingerprint density at radius 3 is 2.50 bits per heavy atom. The number of aromatic nitrogens is 4. The highest BCUT2D eigenvalue weighted by Gasteiger charge is 2.27. The van der Waals surface area contributed by atoms with Crippen LogP contribution in [0.4, 0.5) is 23.0 Å². The Balaban J connectivity index is 1.53. The van der Waals surface area contributed by atoms with Crippen LogP contribution in [0.5, 0.6) is 0 Å². The number of benzene rings is 2. The zero-order valence-corrected chi connectivity index (χ0v) is 22.0. The Hall–Kier alpha value is -4.18. The van der Waals surface area contributed by atoms with Crippen LogP contribution in [0, 0.1) is 0 Å². The maximum atomic E-state index is 14.0. The molecule has 4 heterocycles. The highest BCUT2D eigenvalue weighted by molar-refractivity contribution is 6.09. The number of fused-ring (bicyclic) bond motifs is 3. The molecule has 2 aromatic heterocycles. The normalized spacial score (nSPS) is 17.3. The van der Waals surface area contributed by atoms with Crippen LogP contribution in [-0.4, -0.2) is 50.6 Å². The molecule has 0 aliphatic carbocycles. The van der Waals surface area contributed by atoms with Crippen molar-refractivity contribution in [3.8, 4) is 0 Å². The molecule has 1 unspecified atom stereocenters. The van der Waals surface area contributed by atoms with E-state index in [9.17, 15) is 9.59 Å². The number of aryl methyl sites for hydroxylation is 2. The lowest BCUT2D eigenvalue weighted by Gasteiger charge is -2.31. The molecule has 38 heavy (non-hydrogen) atoms. The fraction of sp³-hybridized carbons (Fsp3) is 0.357. The van der Waals surface area contributed by atoms with Crippen LogP contribution in [0.1, 0.15) is 25.3 Å². The van der Waals surface area contributed by atoms with E-state index in [1.165, 1.54) is 9.13 Å². The minimum absolute atomic E-state index is 0.0411. The van der Waals surface area contributed by atoms with Gasteiger partial charge in [-0.25, -0.2) is 9.79 Å². The number of nitrogens with two attached hydrogens (primary N) is 1. The van der Waals surface area contributed by atoms with Gasteiger partial charge in [-0.15, -0.1) is 0 Å². The first-order chi connectivity index (χ1) is 18.4. The van der Waals surface area contributed by atoms with Gasteiger partial charge in [-0.05, 0) is 38.0 Å². The fourth-order valence-electron chi connectivity index (χ4n) is 5.69. The largest absolute Gasteiger partial charge is 0.342 e. The van der Waals surface area contributed by atoms with E-state index in [1.807, 2.05) is 67.1 Å². The molecular formula is C28H32N8O2. The molecule has 2 N–H and O–H groups in total. The maximum Gasteiger partial charge on any atom is 0.332 e. The number of nitrogens with zero attached hydrogens (tertiary/aromatic N) is 7. The second-order valence-corrected chi connectivity index (χ2v) is 10.0. The summed E-state index contributed by atoms with van der Waals surface area (Å²) in [5.41, 5.74) is 10.5. The number of para-hydroxylation sites is 3. The van der Waals surface area contributed by atoms with E-state index in [0.29, 0.717) is 35.9 Å². The van der Waals surface area contributed by atoms with Crippen LogP contribution >= 0.6 is 0 Å². The van der Waals surface area contributed by atoms with E-state index in [2.05, 4.69) is 9.80 Å². The monoisotopic (exact) mass is 512 g/mol. The Kier molecular flexibility index (Phi) is 5.91. The topological polar surface area (TPSA) is 107 Å². The Labute approximate surface area is 220 Å². The van der Waals surface area contributed by atoms with Crippen LogP contribution in [-0.2, 0) is 20.1 Å². The molecule has 2 aliphatic rings. The van der Waals surface area contributed by atoms with Gasteiger partial charge in [0.25, 0.3) is 5.56 Å². The number of imidazole rings is 1. The molecule has 0 radical (unpaired) electrons. The first-order valence-corrected chi connectivity index (χ1v) is 13.1. The lowest BCUT2D eigenvalue weighted by Crippen LogP contribution is -2.44. The highest BCUT2D eigenvalue weighted by atomic mass is 16.2. The molecule has 0 bridgehead atoms. The first kappa shape index (κ1) is 24.2. The molecule has 1 fully saturated rings. The molecule has 196 valence electrons. The lowest BCUT2D eigenvalue weighted by molar-refractivity contribution is 0.494. The van der Waals surface area contributed by atoms with E-state index in [4.69, 9.17) is 15.7 Å². The molecule has 0 spiro atoms. The summed E-state index contributed by atoms with van der Waals surface area (Å²) in [4.78, 5) is 41.6. The summed E-state index contributed by atoms with van der Waals surface area (Å²) in [6.07, 6.45) is 1.93. The zero-order chi connectivity index (χ0) is 26.6. The van der Waals surface area contributed by atoms with Gasteiger partial charge in [0.1, 0.15) is 0 Å². The number of aliphatic imine (C=N–C) groups is 1. The van der Waals surface area contributed by atoms with E-state index < -0.39 is 5.69 Å². The third-order valence-electron chi connectivity index (χ3n) is 7.65. The molecule has 0 saturated carbocycles. The van der Waals surface area contributed by atoms with E-state index >= 15 is 0 Å². The molecule has 0 amide bonds. The Morgan fingerprint density at radius 2 is 1.74 bits per heavy atom. The molecule has 1 atom stereocenters. The first-order valence-electron chi connectivity index (χ1n) is 13.1. The van der Waals surface area contributed by atoms with E-state index in [1.54, 1.807) is 7.05 Å². The highest BCUT2D eigenvalue weighted by Crippen LogP contribution is 2.38. The standard InChI is InChI=1S/C28H32N8O2/c1-4-35-24-25(31-27(35)34-15-9-10-18(29)16-34)33(3)28(38)36(26(24)37)17-21-19-11-5-7-13-22(19)32(2)23-14-8-6-12-20(23)30-21/h5-8,11-14,18H,4,9-10,15-17,29H2,1-3H3. The van der Waals surface area contributed by atoms with Gasteiger partial charge in [-0.3, -0.25) is 13.9 Å². The van der Waals surface area contributed by atoms with Crippen molar-refractivity contribution in [3.05, 3.63) is 74.9 Å². The summed E-state index contributed by atoms with van der Waals surface area (Å²) in [6.45, 7) is 4.07. The molecule has 2 aromatic carbocycles. The van der Waals surface area contributed by atoms with Crippen LogP contribution in [0.3, 0.4) is 0 Å². The fourth-order valence-corrected chi connectivity index (χ4v) is 5.69. The average molecular weight is 513 g/mol. The van der Waals surface area contributed by atoms with Gasteiger partial charge in [0.2, 0.25) is 5.95 Å². The minimum Gasteiger partial charge on any atom is -0.342 e. The third kappa shape index (κ3) is 3.75. The van der Waals surface area contributed by atoms with Crippen LogP contribution in [0.15, 0.2) is 63.1 Å². The van der Waals surface area contributed by atoms with Crippen molar-refractivity contribution in [1.29, 1.82) is 0 Å². The summed E-state index contributed by atoms with van der Waals surface area (Å²) in [5, 5.41) is 0. The van der Waals surface area contributed by atoms with Crippen molar-refractivity contribution in [2.45, 2.75) is 38.9 Å². The van der Waals surface area contributed by atoms with Gasteiger partial charge in [0.05, 0.1) is 29.3 Å². The average Bonchev–Trinajstić information content (AvgIpc) is 3.28. The number of anilines is 3. The Morgan fingerprint density at radius 1 is 1.00 bits per heavy atom. The second kappa shape index (κ2) is 9.29. The predicted octanol–water partition coefficient (Wildman–Crippen LogP) is 2.75. The SMILES string of the molecule is CCn1c(N2CCCC(N)C2)nc2c1c(=O)n(CC1=Nc3ccccc3N(C)c3ccccc31)c(=O)n2C. The number of hydrogen-bond acceptors (Lipinski definition) is 7. The lowest BCUT2D eigenvalue weighted by atomic mass is 10.1. The van der Waals surface area contributed by atoms with Crippen LogP contribution in [0.25, 0.3) is 11.2 Å². The van der Waals surface area contributed by atoms with Gasteiger partial charge in [0, 0.05) is 45.3 Å². The number of rotatable bonds is 4. The second-order valence-electron chi connectivity index (χ2n) is 10.0. The minimum atomic E-state index is -0.420. The maximum absolute atomic E-state index is 14.0. The van der Waals surface area contributed by atoms with Crippen molar-refractivity contribution in [3.63, 3.8) is 0 Å². The Bertz CT molecular complexity index is 1700. The molecule has 10 nitrogen and oxygen atoms in total. The summed E-state index contributed by atoms with van der Waals surface area (Å²) in [6, 6.07) is 15.9. The third-order valence-corrected chi connectivity index (χ3v) is 7.65. The summed E-state index contributed by atoms with van der Waals surface area (Å²) < 4.78 is 4.67. The van der Waals surface area contributed by atoms with Crippen molar-refractivity contribution >= 4 is 39.9 Å². The molecule has 4 aromatic rings. The molecular weight excluding hydrogens is 480 g/mol. The summed E-state index contributed by atoms with van der Waals surface area (Å²) in [7, 11) is 3.67. The van der Waals surface area contributed by atoms with Crippen molar-refractivity contribution in [1.82, 2.24) is 18.7 Å². The smallest absolute Gasteiger partial charge is 0.332 e. The summed E-state index contributed by atoms with van der Waals surface area (Å²) in [5.74, 6) is 0.690. The van der Waals surface area contributed by atoms with Crippen molar-refractivity contribution in [2.75, 3.05) is 29.9 Å². The van der Waals surface area contributed by atoms with Crippen molar-refractivity contribution < 1.29 is 0 Å². The molecule has 6 rings (SSSR count). The molecule has 2 aliphatic heterocycles. The number of hydrogen-bond donors (Lipinski definition) is 1. The molecule has 1 saturated heterocycles. The van der Waals surface area contributed by atoms with Crippen LogP contribution < -0.4 is 26.8 Å². The molecule has 10 heteroatoms.